The molecule has 4 heterocycles. The third kappa shape index (κ3) is 5.54. The molecule has 10 nitrogen and oxygen atoms in total. The average molecular weight is 705 g/mol. The molecule has 0 fully saturated rings. The SMILES string of the molecule is CCCCC(CC)C(=O)N1C(=O)C(C2C(=O)Oc3cc4c(cc32)OC(=O)C4C2C(=O)N(C(=O)C(CC)CCCC)c3ccccc32)c2ccccc21. The van der Waals surface area contributed by atoms with Gasteiger partial charge in [-0.15, -0.1) is 0 Å². The van der Waals surface area contributed by atoms with Gasteiger partial charge >= 0.3 is 11.9 Å². The first-order valence-corrected chi connectivity index (χ1v) is 18.7. The quantitative estimate of drug-likeness (QED) is 0.141. The maximum atomic E-state index is 14.3. The van der Waals surface area contributed by atoms with Gasteiger partial charge in [-0.3, -0.25) is 28.8 Å². The van der Waals surface area contributed by atoms with Gasteiger partial charge in [0.05, 0.1) is 23.2 Å². The molecule has 3 aromatic carbocycles. The molecule has 0 spiro atoms. The number of hydrogen-bond donors (Lipinski definition) is 0. The van der Waals surface area contributed by atoms with Crippen molar-refractivity contribution in [1.29, 1.82) is 0 Å². The van der Waals surface area contributed by atoms with Crippen molar-refractivity contribution in [1.82, 2.24) is 0 Å². The molecule has 270 valence electrons. The topological polar surface area (TPSA) is 127 Å². The number of imide groups is 2. The van der Waals surface area contributed by atoms with E-state index in [4.69, 9.17) is 9.47 Å². The molecule has 0 radical (unpaired) electrons. The van der Waals surface area contributed by atoms with Crippen LogP contribution in [0.5, 0.6) is 11.5 Å². The molecule has 6 atom stereocenters. The number of benzene rings is 3. The maximum Gasteiger partial charge on any atom is 0.320 e. The van der Waals surface area contributed by atoms with Crippen molar-refractivity contribution in [2.75, 3.05) is 9.80 Å². The molecule has 4 aliphatic rings. The van der Waals surface area contributed by atoms with Gasteiger partial charge in [0, 0.05) is 23.0 Å². The fourth-order valence-electron chi connectivity index (χ4n) is 8.54. The monoisotopic (exact) mass is 704 g/mol. The molecular weight excluding hydrogens is 660 g/mol. The number of carbonyl (C=O) groups excluding carboxylic acids is 6. The molecule has 0 aromatic heterocycles. The number of nitrogens with zero attached hydrogens (tertiary/aromatic N) is 2. The summed E-state index contributed by atoms with van der Waals surface area (Å²) in [7, 11) is 0. The summed E-state index contributed by atoms with van der Waals surface area (Å²) in [5.74, 6) is -7.41. The smallest absolute Gasteiger partial charge is 0.320 e. The number of amides is 4. The van der Waals surface area contributed by atoms with Crippen molar-refractivity contribution in [2.45, 2.75) is 103 Å². The zero-order valence-electron chi connectivity index (χ0n) is 30.1. The Bertz CT molecular complexity index is 1840. The van der Waals surface area contributed by atoms with Crippen molar-refractivity contribution in [3.63, 3.8) is 0 Å². The van der Waals surface area contributed by atoms with Crippen molar-refractivity contribution >= 4 is 46.9 Å². The van der Waals surface area contributed by atoms with Crippen LogP contribution in [-0.2, 0) is 28.8 Å². The lowest BCUT2D eigenvalue weighted by atomic mass is 9.80. The normalized spacial score (nSPS) is 22.5. The minimum atomic E-state index is -1.09. The molecule has 0 bridgehead atoms. The molecular formula is C42H44N2O8. The van der Waals surface area contributed by atoms with E-state index in [9.17, 15) is 28.8 Å². The largest absolute Gasteiger partial charge is 0.426 e. The minimum Gasteiger partial charge on any atom is -0.426 e. The average Bonchev–Trinajstić information content (AvgIpc) is 3.82. The Hall–Kier alpha value is -5.12. The van der Waals surface area contributed by atoms with Gasteiger partial charge in [-0.25, -0.2) is 9.80 Å². The van der Waals surface area contributed by atoms with Crippen LogP contribution in [0.1, 0.15) is 125 Å². The highest BCUT2D eigenvalue weighted by Crippen LogP contribution is 2.56. The van der Waals surface area contributed by atoms with Crippen LogP contribution in [0.3, 0.4) is 0 Å². The zero-order valence-corrected chi connectivity index (χ0v) is 30.1. The van der Waals surface area contributed by atoms with E-state index in [1.165, 1.54) is 9.80 Å². The van der Waals surface area contributed by atoms with E-state index in [1.807, 2.05) is 13.8 Å². The summed E-state index contributed by atoms with van der Waals surface area (Å²) >= 11 is 0. The highest BCUT2D eigenvalue weighted by molar-refractivity contribution is 6.24. The summed E-state index contributed by atoms with van der Waals surface area (Å²) in [6.45, 7) is 7.98. The van der Waals surface area contributed by atoms with E-state index in [2.05, 4.69) is 13.8 Å². The number of para-hydroxylation sites is 2. The molecule has 0 aliphatic carbocycles. The second-order valence-electron chi connectivity index (χ2n) is 14.3. The molecule has 3 aromatic rings. The van der Waals surface area contributed by atoms with Crippen molar-refractivity contribution in [3.05, 3.63) is 82.9 Å². The molecule has 4 amide bonds. The Kier molecular flexibility index (Phi) is 9.59. The van der Waals surface area contributed by atoms with Crippen LogP contribution in [0.15, 0.2) is 60.7 Å². The first-order valence-electron chi connectivity index (χ1n) is 18.7. The fourth-order valence-corrected chi connectivity index (χ4v) is 8.54. The summed E-state index contributed by atoms with van der Waals surface area (Å²) in [6, 6.07) is 17.2. The third-order valence-electron chi connectivity index (χ3n) is 11.3. The van der Waals surface area contributed by atoms with Crippen LogP contribution >= 0.6 is 0 Å². The highest BCUT2D eigenvalue weighted by Gasteiger charge is 2.55. The fraction of sp³-hybridized carbons (Fsp3) is 0.429. The van der Waals surface area contributed by atoms with Gasteiger partial charge < -0.3 is 9.47 Å². The van der Waals surface area contributed by atoms with Crippen LogP contribution in [0.25, 0.3) is 0 Å². The Balaban J connectivity index is 1.23. The Morgan fingerprint density at radius 1 is 0.577 bits per heavy atom. The van der Waals surface area contributed by atoms with Crippen LogP contribution in [0, 0.1) is 11.8 Å². The lowest BCUT2D eigenvalue weighted by Gasteiger charge is -2.23. The Morgan fingerprint density at radius 2 is 0.962 bits per heavy atom. The second kappa shape index (κ2) is 14.1. The van der Waals surface area contributed by atoms with Gasteiger partial charge in [-0.1, -0.05) is 89.8 Å². The predicted molar refractivity (Wildman–Crippen MR) is 193 cm³/mol. The number of fused-ring (bicyclic) bond motifs is 4. The molecule has 0 saturated heterocycles. The summed E-state index contributed by atoms with van der Waals surface area (Å²) in [5.41, 5.74) is 2.77. The first-order chi connectivity index (χ1) is 25.2. The van der Waals surface area contributed by atoms with E-state index in [0.29, 0.717) is 59.3 Å². The summed E-state index contributed by atoms with van der Waals surface area (Å²) < 4.78 is 11.6. The standard InChI is InChI=1S/C42H44N2O8/c1-5-9-15-23(7-3)37(45)43-29-19-13-11-17-25(29)33(39(43)47)35-27-21-32-28(22-31(27)51-41(35)49)36(42(50)52-32)34-26-18-12-14-20-30(26)44(40(34)48)38(46)24(8-4)16-10-6-2/h11-14,17-24,33-36H,5-10,15-16H2,1-4H3. The van der Waals surface area contributed by atoms with Crippen molar-refractivity contribution in [2.24, 2.45) is 11.8 Å². The molecule has 52 heavy (non-hydrogen) atoms. The van der Waals surface area contributed by atoms with E-state index >= 15 is 0 Å². The van der Waals surface area contributed by atoms with Gasteiger partial charge in [0.25, 0.3) is 0 Å². The van der Waals surface area contributed by atoms with Crippen LogP contribution in [0.4, 0.5) is 11.4 Å². The number of esters is 2. The second-order valence-corrected chi connectivity index (χ2v) is 14.3. The molecule has 0 saturated carbocycles. The Labute approximate surface area is 303 Å². The number of rotatable bonds is 12. The van der Waals surface area contributed by atoms with Crippen molar-refractivity contribution < 1.29 is 38.2 Å². The summed E-state index contributed by atoms with van der Waals surface area (Å²) in [6.07, 6.45) is 6.05. The maximum absolute atomic E-state index is 14.3. The first kappa shape index (κ1) is 35.3. The number of ether oxygens (including phenoxy) is 2. The van der Waals surface area contributed by atoms with E-state index in [0.717, 1.165) is 25.7 Å². The Morgan fingerprint density at radius 3 is 1.33 bits per heavy atom. The molecule has 7 rings (SSSR count). The predicted octanol–water partition coefficient (Wildman–Crippen LogP) is 7.44. The molecule has 4 aliphatic heterocycles. The summed E-state index contributed by atoms with van der Waals surface area (Å²) in [5, 5.41) is 0. The minimum absolute atomic E-state index is 0.166. The zero-order chi connectivity index (χ0) is 36.8. The third-order valence-corrected chi connectivity index (χ3v) is 11.3. The molecule has 0 N–H and O–H groups in total. The van der Waals surface area contributed by atoms with Crippen LogP contribution in [0.2, 0.25) is 0 Å². The number of anilines is 2. The van der Waals surface area contributed by atoms with Gasteiger partial charge in [-0.05, 0) is 61.1 Å². The van der Waals surface area contributed by atoms with Gasteiger partial charge in [0.2, 0.25) is 23.6 Å². The van der Waals surface area contributed by atoms with Gasteiger partial charge in [0.15, 0.2) is 0 Å². The number of carbonyl (C=O) groups is 6. The van der Waals surface area contributed by atoms with Crippen molar-refractivity contribution in [3.8, 4) is 11.5 Å². The van der Waals surface area contributed by atoms with Crippen LogP contribution < -0.4 is 19.3 Å². The van der Waals surface area contributed by atoms with Crippen LogP contribution in [-0.4, -0.2) is 35.6 Å². The number of hydrogen-bond acceptors (Lipinski definition) is 8. The highest BCUT2D eigenvalue weighted by atomic mass is 16.5. The number of unbranched alkanes of at least 4 members (excludes halogenated alkanes) is 2. The lowest BCUT2D eigenvalue weighted by molar-refractivity contribution is -0.138. The van der Waals surface area contributed by atoms with E-state index in [-0.39, 0.29) is 35.1 Å². The van der Waals surface area contributed by atoms with Gasteiger partial charge in [0.1, 0.15) is 23.3 Å². The molecule has 6 unspecified atom stereocenters. The summed E-state index contributed by atoms with van der Waals surface area (Å²) in [4.78, 5) is 86.2. The van der Waals surface area contributed by atoms with E-state index < -0.39 is 47.4 Å². The lowest BCUT2D eigenvalue weighted by Crippen LogP contribution is -2.40. The van der Waals surface area contributed by atoms with Gasteiger partial charge in [-0.2, -0.15) is 0 Å². The van der Waals surface area contributed by atoms with E-state index in [1.54, 1.807) is 60.7 Å². The molecule has 10 heteroatoms.